The Hall–Kier alpha value is -2.22. The lowest BCUT2D eigenvalue weighted by Crippen LogP contribution is -2.35. The van der Waals surface area contributed by atoms with E-state index in [1.165, 1.54) is 0 Å². The number of halogens is 1. The van der Waals surface area contributed by atoms with Crippen molar-refractivity contribution in [2.75, 3.05) is 13.1 Å². The molecule has 27 heavy (non-hydrogen) atoms. The highest BCUT2D eigenvalue weighted by Crippen LogP contribution is 2.30. The summed E-state index contributed by atoms with van der Waals surface area (Å²) in [6.45, 7) is 2.38. The lowest BCUT2D eigenvalue weighted by Gasteiger charge is -2.33. The van der Waals surface area contributed by atoms with Crippen molar-refractivity contribution in [3.8, 4) is 11.4 Å². The Kier molecular flexibility index (Phi) is 5.24. The minimum atomic E-state index is -0.521. The van der Waals surface area contributed by atoms with E-state index in [0.717, 1.165) is 37.3 Å². The molecule has 1 N–H and O–H groups in total. The van der Waals surface area contributed by atoms with Gasteiger partial charge in [-0.1, -0.05) is 16.8 Å². The quantitative estimate of drug-likeness (QED) is 0.724. The van der Waals surface area contributed by atoms with Gasteiger partial charge < -0.3 is 14.2 Å². The van der Waals surface area contributed by atoms with E-state index in [9.17, 15) is 5.11 Å². The van der Waals surface area contributed by atoms with Crippen LogP contribution in [0.4, 0.5) is 0 Å². The molecular weight excluding hydrogens is 366 g/mol. The maximum Gasteiger partial charge on any atom is 0.241 e. The van der Waals surface area contributed by atoms with Gasteiger partial charge in [0, 0.05) is 30.0 Å². The van der Waals surface area contributed by atoms with Gasteiger partial charge in [-0.2, -0.15) is 4.98 Å². The fourth-order valence-corrected chi connectivity index (χ4v) is 3.65. The number of piperidine rings is 1. The van der Waals surface area contributed by atoms with Gasteiger partial charge in [0.15, 0.2) is 0 Å². The van der Waals surface area contributed by atoms with Gasteiger partial charge in [0.25, 0.3) is 0 Å². The van der Waals surface area contributed by atoms with Crippen LogP contribution < -0.4 is 0 Å². The first kappa shape index (κ1) is 18.2. The number of hydrogen-bond donors (Lipinski definition) is 1. The summed E-state index contributed by atoms with van der Waals surface area (Å²) in [6.07, 6.45) is 4.88. The van der Waals surface area contributed by atoms with Gasteiger partial charge in [-0.3, -0.25) is 4.90 Å². The molecule has 1 aliphatic heterocycles. The highest BCUT2D eigenvalue weighted by molar-refractivity contribution is 6.30. The van der Waals surface area contributed by atoms with Gasteiger partial charge in [0.05, 0.1) is 6.54 Å². The minimum Gasteiger partial charge on any atom is -0.385 e. The SMILES string of the molecule is Cn1ccnc1[C@H](O)C1CCN(Cc2nc(-c3ccc(Cl)cc3)no2)CC1. The number of imidazole rings is 1. The Morgan fingerprint density at radius 3 is 2.67 bits per heavy atom. The fraction of sp³-hybridized carbons (Fsp3) is 0.421. The van der Waals surface area contributed by atoms with Crippen LogP contribution in [-0.4, -0.2) is 42.8 Å². The average Bonchev–Trinajstić information content (AvgIpc) is 3.31. The number of hydrogen-bond acceptors (Lipinski definition) is 6. The molecule has 1 atom stereocenters. The van der Waals surface area contributed by atoms with Crippen LogP contribution in [-0.2, 0) is 13.6 Å². The normalized spacial score (nSPS) is 17.3. The highest BCUT2D eigenvalue weighted by atomic mass is 35.5. The van der Waals surface area contributed by atoms with E-state index in [0.29, 0.717) is 23.3 Å². The Morgan fingerprint density at radius 2 is 2.00 bits per heavy atom. The van der Waals surface area contributed by atoms with E-state index in [1.807, 2.05) is 42.1 Å². The third kappa shape index (κ3) is 4.05. The van der Waals surface area contributed by atoms with Crippen molar-refractivity contribution in [3.05, 3.63) is 53.4 Å². The van der Waals surface area contributed by atoms with Crippen molar-refractivity contribution in [2.45, 2.75) is 25.5 Å². The number of benzene rings is 1. The Morgan fingerprint density at radius 1 is 1.26 bits per heavy atom. The number of nitrogens with zero attached hydrogens (tertiary/aromatic N) is 5. The van der Waals surface area contributed by atoms with Gasteiger partial charge in [-0.25, -0.2) is 4.98 Å². The number of likely N-dealkylation sites (tertiary alicyclic amines) is 1. The molecule has 3 heterocycles. The van der Waals surface area contributed by atoms with Crippen molar-refractivity contribution >= 4 is 11.6 Å². The van der Waals surface area contributed by atoms with Crippen LogP contribution >= 0.6 is 11.6 Å². The highest BCUT2D eigenvalue weighted by Gasteiger charge is 2.29. The molecule has 0 unspecified atom stereocenters. The summed E-state index contributed by atoms with van der Waals surface area (Å²) >= 11 is 5.91. The van der Waals surface area contributed by atoms with Gasteiger partial charge in [0.2, 0.25) is 11.7 Å². The summed E-state index contributed by atoms with van der Waals surface area (Å²) in [5, 5.41) is 15.3. The molecule has 1 fully saturated rings. The van der Waals surface area contributed by atoms with Crippen LogP contribution in [0.25, 0.3) is 11.4 Å². The molecule has 0 aliphatic carbocycles. The maximum absolute atomic E-state index is 10.6. The summed E-state index contributed by atoms with van der Waals surface area (Å²) < 4.78 is 7.29. The molecule has 3 aromatic rings. The predicted octanol–water partition coefficient (Wildman–Crippen LogP) is 3.07. The van der Waals surface area contributed by atoms with Gasteiger partial charge in [-0.15, -0.1) is 0 Å². The number of aromatic nitrogens is 4. The third-order valence-electron chi connectivity index (χ3n) is 5.13. The topological polar surface area (TPSA) is 80.2 Å². The van der Waals surface area contributed by atoms with E-state index < -0.39 is 6.10 Å². The van der Waals surface area contributed by atoms with E-state index in [2.05, 4.69) is 20.0 Å². The van der Waals surface area contributed by atoms with E-state index in [-0.39, 0.29) is 5.92 Å². The lowest BCUT2D eigenvalue weighted by molar-refractivity contribution is 0.0466. The van der Waals surface area contributed by atoms with Crippen molar-refractivity contribution in [1.29, 1.82) is 0 Å². The first-order valence-corrected chi connectivity index (χ1v) is 9.44. The second kappa shape index (κ2) is 7.80. The lowest BCUT2D eigenvalue weighted by atomic mass is 9.91. The van der Waals surface area contributed by atoms with Crippen LogP contribution in [0.3, 0.4) is 0 Å². The van der Waals surface area contributed by atoms with Crippen molar-refractivity contribution in [1.82, 2.24) is 24.6 Å². The van der Waals surface area contributed by atoms with Crippen LogP contribution in [0.2, 0.25) is 5.02 Å². The summed E-state index contributed by atoms with van der Waals surface area (Å²) in [4.78, 5) is 11.0. The fourth-order valence-electron chi connectivity index (χ4n) is 3.53. The van der Waals surface area contributed by atoms with E-state index in [4.69, 9.17) is 16.1 Å². The van der Waals surface area contributed by atoms with Gasteiger partial charge >= 0.3 is 0 Å². The molecule has 0 bridgehead atoms. The summed E-state index contributed by atoms with van der Waals surface area (Å²) in [5.74, 6) is 2.12. The molecule has 0 saturated carbocycles. The first-order valence-electron chi connectivity index (χ1n) is 9.06. The maximum atomic E-state index is 10.6. The molecule has 142 valence electrons. The van der Waals surface area contributed by atoms with Crippen LogP contribution in [0, 0.1) is 5.92 Å². The molecule has 7 nitrogen and oxygen atoms in total. The van der Waals surface area contributed by atoms with Crippen LogP contribution in [0.1, 0.15) is 30.7 Å². The molecular formula is C19H22ClN5O2. The largest absolute Gasteiger partial charge is 0.385 e. The Bertz CT molecular complexity index is 884. The number of aliphatic hydroxyl groups is 1. The standard InChI is InChI=1S/C19H22ClN5O2/c1-24-11-8-21-19(24)17(26)13-6-9-25(10-7-13)12-16-22-18(23-27-16)14-2-4-15(20)5-3-14/h2-5,8,11,13,17,26H,6-7,9-10,12H2,1H3/t17-/m1/s1. The zero-order valence-corrected chi connectivity index (χ0v) is 15.9. The number of aryl methyl sites for hydroxylation is 1. The molecule has 1 aliphatic rings. The third-order valence-corrected chi connectivity index (χ3v) is 5.38. The van der Waals surface area contributed by atoms with Gasteiger partial charge in [0.1, 0.15) is 11.9 Å². The summed E-state index contributed by atoms with van der Waals surface area (Å²) in [6, 6.07) is 7.37. The average molecular weight is 388 g/mol. The molecule has 0 amide bonds. The monoisotopic (exact) mass is 387 g/mol. The van der Waals surface area contributed by atoms with Crippen molar-refractivity contribution in [3.63, 3.8) is 0 Å². The Balaban J connectivity index is 1.33. The Labute approximate surface area is 162 Å². The predicted molar refractivity (Wildman–Crippen MR) is 101 cm³/mol. The van der Waals surface area contributed by atoms with Crippen molar-refractivity contribution < 1.29 is 9.63 Å². The minimum absolute atomic E-state index is 0.217. The summed E-state index contributed by atoms with van der Waals surface area (Å²) in [7, 11) is 1.91. The first-order chi connectivity index (χ1) is 13.1. The smallest absolute Gasteiger partial charge is 0.241 e. The zero-order valence-electron chi connectivity index (χ0n) is 15.1. The van der Waals surface area contributed by atoms with Gasteiger partial charge in [-0.05, 0) is 56.1 Å². The van der Waals surface area contributed by atoms with Crippen LogP contribution in [0.5, 0.6) is 0 Å². The second-order valence-corrected chi connectivity index (χ2v) is 7.41. The molecule has 1 saturated heterocycles. The van der Waals surface area contributed by atoms with Crippen molar-refractivity contribution in [2.24, 2.45) is 13.0 Å². The molecule has 8 heteroatoms. The second-order valence-electron chi connectivity index (χ2n) is 6.97. The van der Waals surface area contributed by atoms with E-state index in [1.54, 1.807) is 6.20 Å². The molecule has 0 spiro atoms. The summed E-state index contributed by atoms with van der Waals surface area (Å²) in [5.41, 5.74) is 0.881. The molecule has 2 aromatic heterocycles. The van der Waals surface area contributed by atoms with Crippen LogP contribution in [0.15, 0.2) is 41.2 Å². The molecule has 0 radical (unpaired) electrons. The zero-order chi connectivity index (χ0) is 18.8. The number of aliphatic hydroxyl groups excluding tert-OH is 1. The molecule has 4 rings (SSSR count). The van der Waals surface area contributed by atoms with E-state index >= 15 is 0 Å². The molecule has 1 aromatic carbocycles. The number of rotatable bonds is 5.